The van der Waals surface area contributed by atoms with Gasteiger partial charge in [-0.25, -0.2) is 0 Å². The highest BCUT2D eigenvalue weighted by Crippen LogP contribution is 2.36. The van der Waals surface area contributed by atoms with Crippen molar-refractivity contribution in [1.29, 1.82) is 0 Å². The van der Waals surface area contributed by atoms with Gasteiger partial charge in [0.2, 0.25) is 0 Å². The second-order valence-corrected chi connectivity index (χ2v) is 5.92. The molecule has 4 nitrogen and oxygen atoms in total. The summed E-state index contributed by atoms with van der Waals surface area (Å²) in [7, 11) is 0. The molecule has 0 spiro atoms. The molecule has 0 amide bonds. The number of anilines is 1. The lowest BCUT2D eigenvalue weighted by Crippen LogP contribution is -2.47. The number of aliphatic imine (C=N–C) groups is 1. The lowest BCUT2D eigenvalue weighted by Gasteiger charge is -2.36. The smallest absolute Gasteiger partial charge is 0.196 e. The van der Waals surface area contributed by atoms with Crippen molar-refractivity contribution in [3.05, 3.63) is 58.8 Å². The number of halogens is 1. The van der Waals surface area contributed by atoms with Crippen molar-refractivity contribution in [2.75, 3.05) is 11.4 Å². The number of hydrogen-bond acceptors (Lipinski definition) is 4. The number of nitrogens with two attached hydrogens (primary N) is 1. The Labute approximate surface area is 126 Å². The molecule has 1 aliphatic heterocycles. The van der Waals surface area contributed by atoms with Gasteiger partial charge in [0.15, 0.2) is 5.96 Å². The average Bonchev–Trinajstić information content (AvgIpc) is 2.78. The maximum atomic E-state index is 6.11. The van der Waals surface area contributed by atoms with Crippen LogP contribution in [0.1, 0.15) is 12.5 Å². The van der Waals surface area contributed by atoms with E-state index >= 15 is 0 Å². The number of rotatable bonds is 2. The van der Waals surface area contributed by atoms with Crippen LogP contribution in [0.2, 0.25) is 0 Å². The molecule has 20 heavy (non-hydrogen) atoms. The quantitative estimate of drug-likeness (QED) is 0.921. The van der Waals surface area contributed by atoms with Gasteiger partial charge in [-0.05, 0) is 42.8 Å². The lowest BCUT2D eigenvalue weighted by molar-refractivity contribution is 0.531. The maximum absolute atomic E-state index is 6.11. The van der Waals surface area contributed by atoms with E-state index in [-0.39, 0.29) is 5.54 Å². The van der Waals surface area contributed by atoms with Crippen molar-refractivity contribution >= 4 is 27.6 Å². The van der Waals surface area contributed by atoms with Crippen LogP contribution in [0.5, 0.6) is 0 Å². The van der Waals surface area contributed by atoms with Crippen molar-refractivity contribution in [3.8, 4) is 0 Å². The van der Waals surface area contributed by atoms with E-state index in [0.29, 0.717) is 12.5 Å². The van der Waals surface area contributed by atoms with E-state index in [0.717, 1.165) is 15.7 Å². The van der Waals surface area contributed by atoms with E-state index in [2.05, 4.69) is 43.8 Å². The Bertz CT molecular complexity index is 639. The molecule has 2 N–H and O–H groups in total. The van der Waals surface area contributed by atoms with Crippen LogP contribution in [0.4, 0.5) is 5.69 Å². The predicted molar refractivity (Wildman–Crippen MR) is 84.7 cm³/mol. The van der Waals surface area contributed by atoms with E-state index < -0.39 is 0 Å². The van der Waals surface area contributed by atoms with Gasteiger partial charge in [0.25, 0.3) is 0 Å². The van der Waals surface area contributed by atoms with Gasteiger partial charge in [-0.2, -0.15) is 0 Å². The van der Waals surface area contributed by atoms with Crippen LogP contribution in [0.3, 0.4) is 0 Å². The minimum atomic E-state index is -0.299. The van der Waals surface area contributed by atoms with E-state index in [4.69, 9.17) is 5.73 Å². The molecule has 0 aliphatic carbocycles. The first kappa shape index (κ1) is 13.1. The molecule has 2 heterocycles. The van der Waals surface area contributed by atoms with Gasteiger partial charge >= 0.3 is 0 Å². The third-order valence-corrected chi connectivity index (χ3v) is 4.17. The first-order valence-electron chi connectivity index (χ1n) is 6.37. The summed E-state index contributed by atoms with van der Waals surface area (Å²) in [6.07, 6.45) is 3.65. The Kier molecular flexibility index (Phi) is 3.22. The van der Waals surface area contributed by atoms with Crippen LogP contribution in [0.25, 0.3) is 0 Å². The van der Waals surface area contributed by atoms with Gasteiger partial charge in [0, 0.05) is 22.6 Å². The van der Waals surface area contributed by atoms with Crippen molar-refractivity contribution < 1.29 is 0 Å². The highest BCUT2D eigenvalue weighted by Gasteiger charge is 2.40. The fourth-order valence-electron chi connectivity index (χ4n) is 2.54. The number of hydrogen-bond donors (Lipinski definition) is 1. The van der Waals surface area contributed by atoms with Crippen LogP contribution in [0, 0.1) is 0 Å². The monoisotopic (exact) mass is 330 g/mol. The van der Waals surface area contributed by atoms with Crippen molar-refractivity contribution in [2.24, 2.45) is 10.7 Å². The molecule has 0 saturated carbocycles. The minimum absolute atomic E-state index is 0.299. The molecule has 1 unspecified atom stereocenters. The second kappa shape index (κ2) is 4.90. The summed E-state index contributed by atoms with van der Waals surface area (Å²) in [5.74, 6) is 0.540. The standard InChI is InChI=1S/C15H15BrN4/c1-15(11-3-2-8-18-9-11)10-19-14(17)20(15)13-6-4-12(16)5-7-13/h2-9H,10H2,1H3,(H2,17,19). The zero-order valence-electron chi connectivity index (χ0n) is 11.1. The molecule has 3 rings (SSSR count). The number of guanidine groups is 1. The van der Waals surface area contributed by atoms with E-state index in [1.54, 1.807) is 6.20 Å². The van der Waals surface area contributed by atoms with Gasteiger partial charge in [-0.3, -0.25) is 9.98 Å². The first-order valence-corrected chi connectivity index (χ1v) is 7.17. The Morgan fingerprint density at radius 2 is 2.00 bits per heavy atom. The Morgan fingerprint density at radius 1 is 1.25 bits per heavy atom. The van der Waals surface area contributed by atoms with Crippen molar-refractivity contribution in [3.63, 3.8) is 0 Å². The van der Waals surface area contributed by atoms with Gasteiger partial charge < -0.3 is 10.6 Å². The summed E-state index contributed by atoms with van der Waals surface area (Å²) in [5, 5.41) is 0. The molecular formula is C15H15BrN4. The Morgan fingerprint density at radius 3 is 2.65 bits per heavy atom. The summed E-state index contributed by atoms with van der Waals surface area (Å²) >= 11 is 3.45. The van der Waals surface area contributed by atoms with Gasteiger partial charge in [-0.15, -0.1) is 0 Å². The van der Waals surface area contributed by atoms with Gasteiger partial charge in [-0.1, -0.05) is 22.0 Å². The summed E-state index contributed by atoms with van der Waals surface area (Å²) in [6.45, 7) is 2.76. The average molecular weight is 331 g/mol. The number of nitrogens with zero attached hydrogens (tertiary/aromatic N) is 3. The molecule has 0 saturated heterocycles. The highest BCUT2D eigenvalue weighted by molar-refractivity contribution is 9.10. The number of pyridine rings is 1. The van der Waals surface area contributed by atoms with Crippen LogP contribution in [-0.4, -0.2) is 17.5 Å². The van der Waals surface area contributed by atoms with Crippen LogP contribution < -0.4 is 10.6 Å². The lowest BCUT2D eigenvalue weighted by atomic mass is 9.92. The molecule has 1 atom stereocenters. The van der Waals surface area contributed by atoms with E-state index in [1.807, 2.05) is 36.5 Å². The normalized spacial score (nSPS) is 21.9. The molecule has 102 valence electrons. The zero-order valence-corrected chi connectivity index (χ0v) is 12.7. The fourth-order valence-corrected chi connectivity index (χ4v) is 2.80. The number of benzene rings is 1. The molecular weight excluding hydrogens is 316 g/mol. The first-order chi connectivity index (χ1) is 9.61. The summed E-state index contributed by atoms with van der Waals surface area (Å²) in [6, 6.07) is 12.1. The summed E-state index contributed by atoms with van der Waals surface area (Å²) in [4.78, 5) is 10.7. The summed E-state index contributed by atoms with van der Waals surface area (Å²) in [5.41, 5.74) is 7.94. The number of aromatic nitrogens is 1. The molecule has 0 radical (unpaired) electrons. The molecule has 1 aromatic carbocycles. The second-order valence-electron chi connectivity index (χ2n) is 5.00. The van der Waals surface area contributed by atoms with Crippen LogP contribution >= 0.6 is 15.9 Å². The SMILES string of the molecule is CC1(c2cccnc2)CN=C(N)N1c1ccc(Br)cc1. The van der Waals surface area contributed by atoms with E-state index in [1.165, 1.54) is 0 Å². The fraction of sp³-hybridized carbons (Fsp3) is 0.200. The molecule has 0 bridgehead atoms. The summed E-state index contributed by atoms with van der Waals surface area (Å²) < 4.78 is 1.04. The molecule has 2 aromatic rings. The van der Waals surface area contributed by atoms with Crippen LogP contribution in [-0.2, 0) is 5.54 Å². The van der Waals surface area contributed by atoms with Gasteiger partial charge in [0.1, 0.15) is 0 Å². The third kappa shape index (κ3) is 2.08. The van der Waals surface area contributed by atoms with Crippen LogP contribution in [0.15, 0.2) is 58.3 Å². The van der Waals surface area contributed by atoms with Crippen molar-refractivity contribution in [2.45, 2.75) is 12.5 Å². The predicted octanol–water partition coefficient (Wildman–Crippen LogP) is 2.89. The molecule has 1 aromatic heterocycles. The maximum Gasteiger partial charge on any atom is 0.196 e. The highest BCUT2D eigenvalue weighted by atomic mass is 79.9. The molecule has 1 aliphatic rings. The minimum Gasteiger partial charge on any atom is -0.369 e. The topological polar surface area (TPSA) is 54.5 Å². The van der Waals surface area contributed by atoms with Gasteiger partial charge in [0.05, 0.1) is 12.1 Å². The molecule has 0 fully saturated rings. The largest absolute Gasteiger partial charge is 0.369 e. The third-order valence-electron chi connectivity index (χ3n) is 3.64. The van der Waals surface area contributed by atoms with Crippen molar-refractivity contribution in [1.82, 2.24) is 4.98 Å². The Balaban J connectivity index is 2.06. The zero-order chi connectivity index (χ0) is 14.2. The van der Waals surface area contributed by atoms with E-state index in [9.17, 15) is 0 Å². The molecule has 5 heteroatoms. The Hall–Kier alpha value is -1.88.